The van der Waals surface area contributed by atoms with Crippen molar-refractivity contribution in [3.63, 3.8) is 0 Å². The van der Waals surface area contributed by atoms with Crippen LogP contribution in [0.4, 0.5) is 10.5 Å². The number of methoxy groups -OCH3 is 1. The van der Waals surface area contributed by atoms with Crippen molar-refractivity contribution in [2.75, 3.05) is 12.4 Å². The number of carbonyl (C=O) groups excluding carboxylic acids is 2. The normalized spacial score (nSPS) is 30.8. The van der Waals surface area contributed by atoms with Crippen LogP contribution in [0.1, 0.15) is 77.5 Å². The van der Waals surface area contributed by atoms with Gasteiger partial charge in [0, 0.05) is 31.3 Å². The minimum absolute atomic E-state index is 0.0184. The Kier molecular flexibility index (Phi) is 7.06. The summed E-state index contributed by atoms with van der Waals surface area (Å²) in [7, 11) is 1.66. The number of rotatable bonds is 6. The number of nitrogens with one attached hydrogen (secondary N) is 1. The Morgan fingerprint density at radius 2 is 1.79 bits per heavy atom. The van der Waals surface area contributed by atoms with Crippen LogP contribution < -0.4 is 5.32 Å². The molecule has 8 nitrogen and oxygen atoms in total. The van der Waals surface area contributed by atoms with Gasteiger partial charge in [-0.05, 0) is 67.4 Å². The molecule has 0 spiro atoms. The van der Waals surface area contributed by atoms with Gasteiger partial charge in [0.25, 0.3) is 0 Å². The molecule has 0 aromatic heterocycles. The number of anilines is 1. The maximum absolute atomic E-state index is 13.3. The van der Waals surface area contributed by atoms with Crippen molar-refractivity contribution >= 4 is 23.3 Å². The zero-order valence-electron chi connectivity index (χ0n) is 25.7. The fraction of sp³-hybridized carbons (Fsp3) is 0.529. The van der Waals surface area contributed by atoms with Gasteiger partial charge >= 0.3 is 12.1 Å². The SMILES string of the molecule is C=C1C[C@]2(O)[C@](OC)(c3ccccc31)[C@H]1C[C@@H](OC(=O)CCc3cccc(NC(=O)OC(C)(C)C)c3O)[C@]2(C)C1(C)C. The molecule has 3 N–H and O–H groups in total. The third-order valence-electron chi connectivity index (χ3n) is 10.4. The van der Waals surface area contributed by atoms with E-state index in [1.807, 2.05) is 31.2 Å². The predicted molar refractivity (Wildman–Crippen MR) is 160 cm³/mol. The molecule has 8 heteroatoms. The average Bonchev–Trinajstić information content (AvgIpc) is 3.16. The molecular formula is C34H43NO7. The lowest BCUT2D eigenvalue weighted by Crippen LogP contribution is -2.66. The Morgan fingerprint density at radius 1 is 1.10 bits per heavy atom. The molecule has 226 valence electrons. The minimum Gasteiger partial charge on any atom is -0.505 e. The molecule has 42 heavy (non-hydrogen) atoms. The highest BCUT2D eigenvalue weighted by molar-refractivity contribution is 5.87. The Hall–Kier alpha value is -3.36. The lowest BCUT2D eigenvalue weighted by molar-refractivity contribution is -0.254. The lowest BCUT2D eigenvalue weighted by atomic mass is 9.54. The zero-order chi connectivity index (χ0) is 30.9. The molecule has 0 saturated heterocycles. The molecule has 2 saturated carbocycles. The summed E-state index contributed by atoms with van der Waals surface area (Å²) in [4.78, 5) is 25.5. The summed E-state index contributed by atoms with van der Waals surface area (Å²) in [5.41, 5.74) is -0.767. The Morgan fingerprint density at radius 3 is 2.45 bits per heavy atom. The molecule has 0 radical (unpaired) electrons. The quantitative estimate of drug-likeness (QED) is 0.271. The molecule has 1 amide bonds. The molecule has 5 atom stereocenters. The number of para-hydroxylation sites is 1. The topological polar surface area (TPSA) is 114 Å². The Balaban J connectivity index is 1.35. The Bertz CT molecular complexity index is 1440. The first kappa shape index (κ1) is 30.1. The van der Waals surface area contributed by atoms with Gasteiger partial charge in [-0.2, -0.15) is 0 Å². The molecule has 5 rings (SSSR count). The third kappa shape index (κ3) is 4.09. The van der Waals surface area contributed by atoms with Gasteiger partial charge in [-0.15, -0.1) is 0 Å². The first-order valence-electron chi connectivity index (χ1n) is 14.6. The number of amides is 1. The third-order valence-corrected chi connectivity index (χ3v) is 10.4. The van der Waals surface area contributed by atoms with Crippen molar-refractivity contribution in [2.45, 2.75) is 90.1 Å². The largest absolute Gasteiger partial charge is 0.505 e. The highest BCUT2D eigenvalue weighted by atomic mass is 16.6. The van der Waals surface area contributed by atoms with Gasteiger partial charge in [-0.1, -0.05) is 63.7 Å². The number of aliphatic hydroxyl groups is 1. The molecule has 0 aliphatic heterocycles. The summed E-state index contributed by atoms with van der Waals surface area (Å²) in [6.07, 6.45) is -0.128. The maximum Gasteiger partial charge on any atom is 0.412 e. The standard InChI is InChI=1S/C34H43NO7/c1-20-19-33(39)32(7)26(18-25(31(32,5)6)34(33,40-8)23-14-10-9-13-22(20)23)41-27(36)17-16-21-12-11-15-24(28(21)37)35-29(38)42-30(2,3)4/h9-15,25-26,37,39H,1,16-19H2,2-8H3,(H,35,38)/t25-,26+,32+,33+,34-/m0/s1. The second-order valence-electron chi connectivity index (χ2n) is 13.8. The first-order valence-corrected chi connectivity index (χ1v) is 14.6. The van der Waals surface area contributed by atoms with Crippen molar-refractivity contribution < 1.29 is 34.0 Å². The van der Waals surface area contributed by atoms with Crippen molar-refractivity contribution in [2.24, 2.45) is 16.7 Å². The van der Waals surface area contributed by atoms with Crippen LogP contribution in [-0.2, 0) is 31.0 Å². The summed E-state index contributed by atoms with van der Waals surface area (Å²) in [5, 5.41) is 26.0. The first-order chi connectivity index (χ1) is 19.5. The fourth-order valence-electron chi connectivity index (χ4n) is 8.26. The van der Waals surface area contributed by atoms with Crippen molar-refractivity contribution in [1.82, 2.24) is 0 Å². The van der Waals surface area contributed by atoms with E-state index < -0.39 is 45.8 Å². The second-order valence-corrected chi connectivity index (χ2v) is 13.8. The van der Waals surface area contributed by atoms with Crippen LogP contribution in [0, 0.1) is 16.7 Å². The van der Waals surface area contributed by atoms with E-state index in [9.17, 15) is 19.8 Å². The Labute approximate surface area is 248 Å². The van der Waals surface area contributed by atoms with Crippen molar-refractivity contribution in [3.8, 4) is 5.75 Å². The van der Waals surface area contributed by atoms with Gasteiger partial charge in [0.1, 0.15) is 28.7 Å². The maximum atomic E-state index is 13.3. The predicted octanol–water partition coefficient (Wildman–Crippen LogP) is 6.34. The number of aromatic hydroxyl groups is 1. The van der Waals surface area contributed by atoms with Crippen LogP contribution in [0.5, 0.6) is 5.75 Å². The number of ether oxygens (including phenoxy) is 3. The number of esters is 1. The number of phenolic OH excluding ortho intramolecular Hbond substituents is 1. The van der Waals surface area contributed by atoms with Gasteiger partial charge in [0.2, 0.25) is 0 Å². The lowest BCUT2D eigenvalue weighted by Gasteiger charge is -2.58. The fourth-order valence-corrected chi connectivity index (χ4v) is 8.26. The van der Waals surface area contributed by atoms with E-state index in [0.29, 0.717) is 18.4 Å². The molecule has 3 aliphatic rings. The number of aryl methyl sites for hydroxylation is 1. The molecule has 2 aromatic carbocycles. The van der Waals surface area contributed by atoms with Crippen LogP contribution in [0.3, 0.4) is 0 Å². The monoisotopic (exact) mass is 577 g/mol. The van der Waals surface area contributed by atoms with E-state index in [-0.39, 0.29) is 30.2 Å². The van der Waals surface area contributed by atoms with Crippen molar-refractivity contribution in [3.05, 3.63) is 65.7 Å². The summed E-state index contributed by atoms with van der Waals surface area (Å²) in [5.74, 6) is -0.657. The van der Waals surface area contributed by atoms with E-state index in [2.05, 4.69) is 25.7 Å². The molecule has 3 aliphatic carbocycles. The van der Waals surface area contributed by atoms with E-state index in [4.69, 9.17) is 14.2 Å². The highest BCUT2D eigenvalue weighted by Gasteiger charge is 2.85. The zero-order valence-corrected chi connectivity index (χ0v) is 25.7. The minimum atomic E-state index is -1.35. The summed E-state index contributed by atoms with van der Waals surface area (Å²) < 4.78 is 17.8. The number of fused-ring (bicyclic) bond motifs is 7. The van der Waals surface area contributed by atoms with E-state index in [1.54, 1.807) is 46.1 Å². The smallest absolute Gasteiger partial charge is 0.412 e. The van der Waals surface area contributed by atoms with Gasteiger partial charge in [-0.25, -0.2) is 4.79 Å². The van der Waals surface area contributed by atoms with Gasteiger partial charge in [0.05, 0.1) is 5.69 Å². The van der Waals surface area contributed by atoms with Gasteiger partial charge < -0.3 is 24.4 Å². The van der Waals surface area contributed by atoms with Crippen LogP contribution in [-0.4, -0.2) is 46.7 Å². The number of carbonyl (C=O) groups is 2. The van der Waals surface area contributed by atoms with Crippen LogP contribution in [0.15, 0.2) is 49.0 Å². The average molecular weight is 578 g/mol. The molecule has 2 fully saturated rings. The summed E-state index contributed by atoms with van der Waals surface area (Å²) >= 11 is 0. The van der Waals surface area contributed by atoms with E-state index >= 15 is 0 Å². The number of hydrogen-bond acceptors (Lipinski definition) is 7. The van der Waals surface area contributed by atoms with Crippen LogP contribution in [0.2, 0.25) is 0 Å². The molecule has 2 aromatic rings. The molecular weight excluding hydrogens is 534 g/mol. The van der Waals surface area contributed by atoms with E-state index in [1.165, 1.54) is 0 Å². The number of benzene rings is 2. The van der Waals surface area contributed by atoms with Gasteiger partial charge in [-0.3, -0.25) is 10.1 Å². The number of phenols is 1. The van der Waals surface area contributed by atoms with Crippen molar-refractivity contribution in [1.29, 1.82) is 0 Å². The molecule has 2 bridgehead atoms. The molecule has 0 heterocycles. The van der Waals surface area contributed by atoms with Crippen LogP contribution >= 0.6 is 0 Å². The van der Waals surface area contributed by atoms with Crippen LogP contribution in [0.25, 0.3) is 5.57 Å². The summed E-state index contributed by atoms with van der Waals surface area (Å²) in [6.45, 7) is 15.9. The van der Waals surface area contributed by atoms with Gasteiger partial charge in [0.15, 0.2) is 0 Å². The molecule has 0 unspecified atom stereocenters. The highest BCUT2D eigenvalue weighted by Crippen LogP contribution is 2.79. The van der Waals surface area contributed by atoms with E-state index in [0.717, 1.165) is 16.7 Å². The summed E-state index contributed by atoms with van der Waals surface area (Å²) in [6, 6.07) is 13.0. The second kappa shape index (κ2) is 9.85. The number of hydrogen-bond donors (Lipinski definition) is 3.